The molecule has 0 unspecified atom stereocenters. The Morgan fingerprint density at radius 3 is 3.08 bits per heavy atom. The first kappa shape index (κ1) is 9.26. The average Bonchev–Trinajstić information content (AvgIpc) is 2.33. The van der Waals surface area contributed by atoms with E-state index in [-0.39, 0.29) is 12.5 Å². The van der Waals surface area contributed by atoms with Gasteiger partial charge in [0.2, 0.25) is 0 Å². The van der Waals surface area contributed by atoms with E-state index in [0.717, 1.165) is 25.0 Å². The molecular weight excluding hydrogens is 154 g/mol. The standard InChI is InChI=1S/C9H15NO2/c10-7-9(11)12-8-5-3-1-2-4-6-8/h5H,1-4,6-7,10H2. The second kappa shape index (κ2) is 4.93. The van der Waals surface area contributed by atoms with Gasteiger partial charge in [0.1, 0.15) is 5.76 Å². The molecule has 0 saturated carbocycles. The van der Waals surface area contributed by atoms with Gasteiger partial charge in [0.25, 0.3) is 0 Å². The number of allylic oxidation sites excluding steroid dienone is 2. The number of nitrogens with two attached hydrogens (primary N) is 1. The summed E-state index contributed by atoms with van der Waals surface area (Å²) in [5.41, 5.74) is 5.13. The molecule has 3 nitrogen and oxygen atoms in total. The van der Waals surface area contributed by atoms with Crippen molar-refractivity contribution in [2.24, 2.45) is 5.73 Å². The fourth-order valence-corrected chi connectivity index (χ4v) is 1.27. The second-order valence-electron chi connectivity index (χ2n) is 2.95. The van der Waals surface area contributed by atoms with Crippen LogP contribution in [0.3, 0.4) is 0 Å². The van der Waals surface area contributed by atoms with Crippen molar-refractivity contribution < 1.29 is 9.53 Å². The highest BCUT2D eigenvalue weighted by molar-refractivity contribution is 5.72. The Morgan fingerprint density at radius 2 is 2.33 bits per heavy atom. The van der Waals surface area contributed by atoms with Crippen molar-refractivity contribution in [2.75, 3.05) is 6.54 Å². The van der Waals surface area contributed by atoms with Crippen molar-refractivity contribution in [2.45, 2.75) is 32.1 Å². The van der Waals surface area contributed by atoms with Crippen LogP contribution >= 0.6 is 0 Å². The number of hydrogen-bond donors (Lipinski definition) is 1. The van der Waals surface area contributed by atoms with E-state index in [2.05, 4.69) is 0 Å². The van der Waals surface area contributed by atoms with Crippen LogP contribution in [0.25, 0.3) is 0 Å². The molecule has 12 heavy (non-hydrogen) atoms. The molecule has 0 heterocycles. The van der Waals surface area contributed by atoms with Crippen molar-refractivity contribution in [3.63, 3.8) is 0 Å². The molecule has 0 aromatic carbocycles. The Morgan fingerprint density at radius 1 is 1.50 bits per heavy atom. The van der Waals surface area contributed by atoms with Gasteiger partial charge in [0.05, 0.1) is 6.54 Å². The highest BCUT2D eigenvalue weighted by Gasteiger charge is 2.07. The molecule has 1 aliphatic carbocycles. The van der Waals surface area contributed by atoms with E-state index >= 15 is 0 Å². The van der Waals surface area contributed by atoms with E-state index in [1.54, 1.807) is 0 Å². The largest absolute Gasteiger partial charge is 0.430 e. The van der Waals surface area contributed by atoms with Crippen LogP contribution < -0.4 is 5.73 Å². The average molecular weight is 169 g/mol. The number of rotatable bonds is 2. The molecule has 0 aromatic rings. The maximum atomic E-state index is 10.8. The minimum Gasteiger partial charge on any atom is -0.430 e. The normalized spacial score (nSPS) is 17.9. The zero-order valence-corrected chi connectivity index (χ0v) is 7.21. The first-order chi connectivity index (χ1) is 5.83. The quantitative estimate of drug-likeness (QED) is 0.634. The van der Waals surface area contributed by atoms with E-state index in [0.29, 0.717) is 0 Å². The van der Waals surface area contributed by atoms with E-state index in [1.807, 2.05) is 6.08 Å². The summed E-state index contributed by atoms with van der Waals surface area (Å²) < 4.78 is 5.02. The van der Waals surface area contributed by atoms with Gasteiger partial charge in [-0.15, -0.1) is 0 Å². The Kier molecular flexibility index (Phi) is 3.80. The summed E-state index contributed by atoms with van der Waals surface area (Å²) in [6.45, 7) is -0.0304. The van der Waals surface area contributed by atoms with E-state index in [1.165, 1.54) is 12.8 Å². The first-order valence-corrected chi connectivity index (χ1v) is 4.42. The molecule has 0 radical (unpaired) electrons. The van der Waals surface area contributed by atoms with E-state index in [4.69, 9.17) is 10.5 Å². The molecule has 68 valence electrons. The van der Waals surface area contributed by atoms with Gasteiger partial charge < -0.3 is 10.5 Å². The minimum atomic E-state index is -0.330. The van der Waals surface area contributed by atoms with Gasteiger partial charge in [-0.1, -0.05) is 6.42 Å². The van der Waals surface area contributed by atoms with E-state index in [9.17, 15) is 4.79 Å². The van der Waals surface area contributed by atoms with Crippen molar-refractivity contribution in [3.8, 4) is 0 Å². The highest BCUT2D eigenvalue weighted by atomic mass is 16.5. The summed E-state index contributed by atoms with van der Waals surface area (Å²) in [6, 6.07) is 0. The Bertz CT molecular complexity index is 187. The van der Waals surface area contributed by atoms with Crippen molar-refractivity contribution in [3.05, 3.63) is 11.8 Å². The van der Waals surface area contributed by atoms with Crippen molar-refractivity contribution in [1.29, 1.82) is 0 Å². The number of carbonyl (C=O) groups excluding carboxylic acids is 1. The predicted molar refractivity (Wildman–Crippen MR) is 46.3 cm³/mol. The van der Waals surface area contributed by atoms with Gasteiger partial charge in [-0.2, -0.15) is 0 Å². The molecule has 0 amide bonds. The molecule has 1 rings (SSSR count). The number of carbonyl (C=O) groups is 1. The van der Waals surface area contributed by atoms with Crippen LogP contribution in [0.1, 0.15) is 32.1 Å². The molecule has 0 atom stereocenters. The Labute approximate surface area is 72.6 Å². The molecule has 0 fully saturated rings. The van der Waals surface area contributed by atoms with Gasteiger partial charge in [-0.05, 0) is 25.3 Å². The zero-order valence-electron chi connectivity index (χ0n) is 7.21. The van der Waals surface area contributed by atoms with Crippen LogP contribution in [0, 0.1) is 0 Å². The molecule has 0 bridgehead atoms. The van der Waals surface area contributed by atoms with E-state index < -0.39 is 0 Å². The number of ether oxygens (including phenoxy) is 1. The fraction of sp³-hybridized carbons (Fsp3) is 0.667. The molecule has 0 spiro atoms. The Hall–Kier alpha value is -0.830. The zero-order chi connectivity index (χ0) is 8.81. The number of hydrogen-bond acceptors (Lipinski definition) is 3. The predicted octanol–water partition coefficient (Wildman–Crippen LogP) is 1.34. The lowest BCUT2D eigenvalue weighted by Gasteiger charge is -2.04. The maximum Gasteiger partial charge on any atom is 0.324 e. The Balaban J connectivity index is 2.38. The highest BCUT2D eigenvalue weighted by Crippen LogP contribution is 2.17. The van der Waals surface area contributed by atoms with Crippen molar-refractivity contribution in [1.82, 2.24) is 0 Å². The van der Waals surface area contributed by atoms with Crippen LogP contribution in [0.2, 0.25) is 0 Å². The summed E-state index contributed by atoms with van der Waals surface area (Å²) in [5, 5.41) is 0. The van der Waals surface area contributed by atoms with Gasteiger partial charge in [0.15, 0.2) is 0 Å². The third-order valence-electron chi connectivity index (χ3n) is 1.91. The van der Waals surface area contributed by atoms with Gasteiger partial charge in [0, 0.05) is 6.42 Å². The van der Waals surface area contributed by atoms with Crippen LogP contribution in [0.4, 0.5) is 0 Å². The lowest BCUT2D eigenvalue weighted by atomic mass is 10.2. The molecule has 1 aliphatic rings. The molecule has 2 N–H and O–H groups in total. The SMILES string of the molecule is NCC(=O)OC1=CCCCCC1. The third kappa shape index (κ3) is 3.05. The smallest absolute Gasteiger partial charge is 0.324 e. The molecule has 0 aliphatic heterocycles. The van der Waals surface area contributed by atoms with Gasteiger partial charge in [-0.25, -0.2) is 0 Å². The van der Waals surface area contributed by atoms with Crippen LogP contribution in [0.15, 0.2) is 11.8 Å². The van der Waals surface area contributed by atoms with Gasteiger partial charge in [-0.3, -0.25) is 4.79 Å². The molecule has 0 saturated heterocycles. The summed E-state index contributed by atoms with van der Waals surface area (Å²) in [5.74, 6) is 0.478. The summed E-state index contributed by atoms with van der Waals surface area (Å²) in [4.78, 5) is 10.8. The summed E-state index contributed by atoms with van der Waals surface area (Å²) >= 11 is 0. The summed E-state index contributed by atoms with van der Waals surface area (Å²) in [6.07, 6.45) is 7.44. The van der Waals surface area contributed by atoms with Crippen molar-refractivity contribution >= 4 is 5.97 Å². The maximum absolute atomic E-state index is 10.8. The molecule has 0 aromatic heterocycles. The molecule has 3 heteroatoms. The summed E-state index contributed by atoms with van der Waals surface area (Å²) in [7, 11) is 0. The number of esters is 1. The molecular formula is C9H15NO2. The van der Waals surface area contributed by atoms with Crippen LogP contribution in [0.5, 0.6) is 0 Å². The van der Waals surface area contributed by atoms with Crippen LogP contribution in [-0.4, -0.2) is 12.5 Å². The monoisotopic (exact) mass is 169 g/mol. The lowest BCUT2D eigenvalue weighted by Crippen LogP contribution is -2.16. The van der Waals surface area contributed by atoms with Crippen LogP contribution in [-0.2, 0) is 9.53 Å². The lowest BCUT2D eigenvalue weighted by molar-refractivity contribution is -0.138. The topological polar surface area (TPSA) is 52.3 Å². The second-order valence-corrected chi connectivity index (χ2v) is 2.95. The minimum absolute atomic E-state index is 0.0304. The third-order valence-corrected chi connectivity index (χ3v) is 1.91. The fourth-order valence-electron chi connectivity index (χ4n) is 1.27. The van der Waals surface area contributed by atoms with Gasteiger partial charge >= 0.3 is 5.97 Å². The first-order valence-electron chi connectivity index (χ1n) is 4.42.